The molecule has 0 N–H and O–H groups in total. The van der Waals surface area contributed by atoms with Gasteiger partial charge in [-0.25, -0.2) is 0 Å². The molecule has 0 unspecified atom stereocenters. The number of hydrogen-bond donors (Lipinski definition) is 0. The molecule has 0 spiro atoms. The monoisotopic (exact) mass is 168 g/mol. The normalized spacial score (nSPS) is 8.00. The van der Waals surface area contributed by atoms with Crippen molar-refractivity contribution in [3.8, 4) is 0 Å². The van der Waals surface area contributed by atoms with Gasteiger partial charge in [-0.2, -0.15) is 0 Å². The molecule has 0 aliphatic rings. The van der Waals surface area contributed by atoms with E-state index < -0.39 is 13.9 Å². The molecule has 0 amide bonds. The van der Waals surface area contributed by atoms with E-state index >= 15 is 0 Å². The summed E-state index contributed by atoms with van der Waals surface area (Å²) in [6.07, 6.45) is 0. The summed E-state index contributed by atoms with van der Waals surface area (Å²) in [6, 6.07) is 0. The Balaban J connectivity index is 3.68. The summed E-state index contributed by atoms with van der Waals surface area (Å²) >= 11 is 0. The van der Waals surface area contributed by atoms with Crippen LogP contribution in [0.5, 0.6) is 0 Å². The Labute approximate surface area is 53.1 Å². The van der Waals surface area contributed by atoms with E-state index in [0.29, 0.717) is 0 Å². The Morgan fingerprint density at radius 1 is 0.667 bits per heavy atom. The van der Waals surface area contributed by atoms with Crippen molar-refractivity contribution in [2.75, 3.05) is 0 Å². The first-order valence-electron chi connectivity index (χ1n) is 1.25. The number of rotatable bonds is 0. The molecule has 6 heteroatoms. The Bertz CT molecular complexity index is 50.1. The molecule has 0 aromatic rings. The smallest absolute Gasteiger partial charge is 0.0259 e. The lowest BCUT2D eigenvalue weighted by Gasteiger charge is -1.83. The maximum atomic E-state index is 3.45. The van der Waals surface area contributed by atoms with Gasteiger partial charge in [0.2, 0.25) is 0 Å². The van der Waals surface area contributed by atoms with Crippen LogP contribution in [0.15, 0.2) is 0 Å². The summed E-state index contributed by atoms with van der Waals surface area (Å²) in [5.74, 6) is 0. The first-order valence-corrected chi connectivity index (χ1v) is 11.2. The third-order valence-electron chi connectivity index (χ3n) is 0.250. The lowest BCUT2D eigenvalue weighted by atomic mass is 26.3. The van der Waals surface area contributed by atoms with Crippen LogP contribution in [-0.2, 0) is 0 Å². The lowest BCUT2D eigenvalue weighted by molar-refractivity contribution is 3.94. The van der Waals surface area contributed by atoms with E-state index in [4.69, 9.17) is 0 Å². The molecule has 0 bridgehead atoms. The zero-order valence-electron chi connectivity index (χ0n) is 3.00. The molecule has 0 rings (SSSR count). The molecule has 0 aromatic carbocycles. The standard InChI is InChI=1S/Si6/c1-5(2)6(3)4. The zero-order chi connectivity index (χ0) is 5.15. The van der Waals surface area contributed by atoms with Gasteiger partial charge in [-0.15, -0.1) is 0 Å². The fourth-order valence-electron chi connectivity index (χ4n) is 0. The van der Waals surface area contributed by atoms with Crippen molar-refractivity contribution < 1.29 is 0 Å². The molecule has 12 radical (unpaired) electrons. The van der Waals surface area contributed by atoms with Crippen molar-refractivity contribution in [2.24, 2.45) is 0 Å². The van der Waals surface area contributed by atoms with Gasteiger partial charge < -0.3 is 0 Å². The molecule has 0 aliphatic heterocycles. The predicted octanol–water partition coefficient (Wildman–Crippen LogP) is -2.28. The van der Waals surface area contributed by atoms with Gasteiger partial charge in [-0.3, -0.25) is 0 Å². The van der Waals surface area contributed by atoms with Gasteiger partial charge in [-0.1, -0.05) is 13.9 Å². The van der Waals surface area contributed by atoms with Crippen molar-refractivity contribution in [1.29, 1.82) is 0 Å². The molecule has 0 saturated carbocycles. The van der Waals surface area contributed by atoms with E-state index in [2.05, 4.69) is 39.0 Å². The largest absolute Gasteiger partial charge is 0.0519 e. The molecule has 0 aromatic heterocycles. The van der Waals surface area contributed by atoms with Gasteiger partial charge in [0, 0.05) is 39.0 Å². The molecule has 0 atom stereocenters. The highest BCUT2D eigenvalue weighted by Crippen LogP contribution is 1.43. The topological polar surface area (TPSA) is 0 Å². The molecule has 24 valence electrons. The zero-order valence-corrected chi connectivity index (χ0v) is 9.00. The minimum atomic E-state index is -0.412. The summed E-state index contributed by atoms with van der Waals surface area (Å²) in [5.41, 5.74) is 0. The van der Waals surface area contributed by atoms with Gasteiger partial charge in [0.25, 0.3) is 0 Å². The third-order valence-corrected chi connectivity index (χ3v) is 20.2. The average molecular weight is 169 g/mol. The third kappa shape index (κ3) is 3.49. The van der Waals surface area contributed by atoms with E-state index in [-0.39, 0.29) is 0 Å². The van der Waals surface area contributed by atoms with Crippen molar-refractivity contribution in [1.82, 2.24) is 0 Å². The van der Waals surface area contributed by atoms with Gasteiger partial charge >= 0.3 is 0 Å². The van der Waals surface area contributed by atoms with Crippen LogP contribution in [-0.4, -0.2) is 52.9 Å². The Morgan fingerprint density at radius 2 is 0.833 bits per heavy atom. The summed E-state index contributed by atoms with van der Waals surface area (Å²) in [7, 11) is 13.8. The van der Waals surface area contributed by atoms with E-state index in [1.54, 1.807) is 0 Å². The van der Waals surface area contributed by atoms with Gasteiger partial charge in [0.05, 0.1) is 0 Å². The second kappa shape index (κ2) is 3.32. The Morgan fingerprint density at radius 3 is 0.833 bits per heavy atom. The quantitative estimate of drug-likeness (QED) is 0.358. The SMILES string of the molecule is [Si][Si]([Si])=[Si]([Si])[Si]. The fraction of sp³-hybridized carbons (Fsp3) is 0. The molecule has 0 aliphatic carbocycles. The highest BCUT2D eigenvalue weighted by molar-refractivity contribution is 7.57. The van der Waals surface area contributed by atoms with E-state index in [1.807, 2.05) is 0 Å². The summed E-state index contributed by atoms with van der Waals surface area (Å²) in [4.78, 5) is 0. The predicted molar refractivity (Wildman–Crippen MR) is 34.5 cm³/mol. The molecule has 6 heavy (non-hydrogen) atoms. The molecule has 0 heterocycles. The van der Waals surface area contributed by atoms with Crippen LogP contribution in [0.3, 0.4) is 0 Å². The first kappa shape index (κ1) is 7.30. The Hall–Kier alpha value is 1.30. The summed E-state index contributed by atoms with van der Waals surface area (Å²) < 4.78 is 0. The molecule has 0 saturated heterocycles. The van der Waals surface area contributed by atoms with Gasteiger partial charge in [0.1, 0.15) is 0 Å². The van der Waals surface area contributed by atoms with Crippen molar-refractivity contribution in [3.63, 3.8) is 0 Å². The Kier molecular flexibility index (Phi) is 4.04. The lowest BCUT2D eigenvalue weighted by Crippen LogP contribution is -2.19. The van der Waals surface area contributed by atoms with Crippen LogP contribution in [0, 0.1) is 0 Å². The first-order chi connectivity index (χ1) is 2.64. The van der Waals surface area contributed by atoms with E-state index in [9.17, 15) is 0 Å². The van der Waals surface area contributed by atoms with Crippen LogP contribution in [0.25, 0.3) is 0 Å². The van der Waals surface area contributed by atoms with Crippen LogP contribution in [0.2, 0.25) is 0 Å². The van der Waals surface area contributed by atoms with Gasteiger partial charge in [-0.05, 0) is 0 Å². The average Bonchev–Trinajstić information content (AvgIpc) is 1.36. The fourth-order valence-corrected chi connectivity index (χ4v) is 0. The van der Waals surface area contributed by atoms with Gasteiger partial charge in [0.15, 0.2) is 0 Å². The van der Waals surface area contributed by atoms with Crippen LogP contribution >= 0.6 is 0 Å². The summed E-state index contributed by atoms with van der Waals surface area (Å²) in [5, 5.41) is 0. The second-order valence-electron chi connectivity index (χ2n) is 0.750. The van der Waals surface area contributed by atoms with Crippen LogP contribution in [0.1, 0.15) is 0 Å². The highest BCUT2D eigenvalue weighted by Gasteiger charge is 1.79. The van der Waals surface area contributed by atoms with E-state index in [1.165, 1.54) is 0 Å². The maximum absolute atomic E-state index is 3.45. The van der Waals surface area contributed by atoms with Crippen LogP contribution in [0.4, 0.5) is 0 Å². The molecular formula is Si6. The van der Waals surface area contributed by atoms with Crippen LogP contribution < -0.4 is 0 Å². The molecule has 0 fully saturated rings. The van der Waals surface area contributed by atoms with Crippen molar-refractivity contribution in [3.05, 3.63) is 0 Å². The van der Waals surface area contributed by atoms with Crippen molar-refractivity contribution in [2.45, 2.75) is 0 Å². The van der Waals surface area contributed by atoms with E-state index in [0.717, 1.165) is 0 Å². The number of hydrogen-bond acceptors (Lipinski definition) is 0. The molecule has 0 nitrogen and oxygen atoms in total. The molecular weight excluding hydrogens is 169 g/mol. The second-order valence-corrected chi connectivity index (χ2v) is 20.2. The summed E-state index contributed by atoms with van der Waals surface area (Å²) in [6.45, 7) is -0.823. The highest BCUT2D eigenvalue weighted by atomic mass is 29.9. The minimum absolute atomic E-state index is 0.412. The van der Waals surface area contributed by atoms with Crippen molar-refractivity contribution >= 4 is 52.9 Å². The minimum Gasteiger partial charge on any atom is -0.0519 e. The maximum Gasteiger partial charge on any atom is 0.0259 e.